The van der Waals surface area contributed by atoms with E-state index < -0.39 is 9.84 Å². The molecular formula is C15H23NO3S. The van der Waals surface area contributed by atoms with Crippen LogP contribution in [0.2, 0.25) is 0 Å². The molecule has 20 heavy (non-hydrogen) atoms. The number of fused-ring (bicyclic) bond motifs is 1. The van der Waals surface area contributed by atoms with Crippen molar-refractivity contribution in [3.8, 4) is 5.75 Å². The van der Waals surface area contributed by atoms with Crippen LogP contribution >= 0.6 is 0 Å². The van der Waals surface area contributed by atoms with E-state index in [1.807, 2.05) is 25.1 Å². The van der Waals surface area contributed by atoms with Crippen molar-refractivity contribution >= 4 is 9.84 Å². The van der Waals surface area contributed by atoms with Crippen molar-refractivity contribution in [2.24, 2.45) is 0 Å². The van der Waals surface area contributed by atoms with Gasteiger partial charge in [-0.2, -0.15) is 0 Å². The van der Waals surface area contributed by atoms with Crippen LogP contribution in [0.25, 0.3) is 0 Å². The number of rotatable bonds is 5. The summed E-state index contributed by atoms with van der Waals surface area (Å²) in [7, 11) is -1.43. The smallest absolute Gasteiger partial charge is 0.154 e. The zero-order chi connectivity index (χ0) is 14.8. The molecule has 1 N–H and O–H groups in total. The van der Waals surface area contributed by atoms with Crippen LogP contribution in [0.4, 0.5) is 0 Å². The molecule has 2 unspecified atom stereocenters. The van der Waals surface area contributed by atoms with Gasteiger partial charge >= 0.3 is 0 Å². The first kappa shape index (κ1) is 15.3. The Bertz CT molecular complexity index is 568. The summed E-state index contributed by atoms with van der Waals surface area (Å²) >= 11 is 0. The highest BCUT2D eigenvalue weighted by Crippen LogP contribution is 2.36. The van der Waals surface area contributed by atoms with Gasteiger partial charge in [-0.05, 0) is 42.6 Å². The van der Waals surface area contributed by atoms with Gasteiger partial charge in [-0.15, -0.1) is 0 Å². The van der Waals surface area contributed by atoms with Gasteiger partial charge in [0.15, 0.2) is 9.84 Å². The Morgan fingerprint density at radius 1 is 1.35 bits per heavy atom. The van der Waals surface area contributed by atoms with Crippen molar-refractivity contribution in [2.45, 2.75) is 38.0 Å². The quantitative estimate of drug-likeness (QED) is 0.904. The third-order valence-corrected chi connectivity index (χ3v) is 6.28. The van der Waals surface area contributed by atoms with Crippen molar-refractivity contribution < 1.29 is 13.2 Å². The van der Waals surface area contributed by atoms with Crippen molar-refractivity contribution in [3.05, 3.63) is 29.3 Å². The Kier molecular flexibility index (Phi) is 4.70. The maximum Gasteiger partial charge on any atom is 0.154 e. The van der Waals surface area contributed by atoms with Crippen LogP contribution in [0, 0.1) is 0 Å². The fraction of sp³-hybridized carbons (Fsp3) is 0.600. The van der Waals surface area contributed by atoms with Crippen molar-refractivity contribution in [1.82, 2.24) is 5.32 Å². The van der Waals surface area contributed by atoms with Crippen LogP contribution in [0.1, 0.15) is 37.4 Å². The van der Waals surface area contributed by atoms with E-state index >= 15 is 0 Å². The summed E-state index contributed by atoms with van der Waals surface area (Å²) in [6.45, 7) is 4.47. The molecule has 0 saturated carbocycles. The number of benzene rings is 1. The molecular weight excluding hydrogens is 274 g/mol. The summed E-state index contributed by atoms with van der Waals surface area (Å²) < 4.78 is 29.9. The zero-order valence-corrected chi connectivity index (χ0v) is 13.2. The first-order chi connectivity index (χ1) is 9.53. The molecule has 4 nitrogen and oxygen atoms in total. The average molecular weight is 297 g/mol. The zero-order valence-electron chi connectivity index (χ0n) is 12.3. The predicted molar refractivity (Wildman–Crippen MR) is 81.0 cm³/mol. The number of hydrogen-bond donors (Lipinski definition) is 1. The van der Waals surface area contributed by atoms with Crippen LogP contribution in [0.3, 0.4) is 0 Å². The highest BCUT2D eigenvalue weighted by Gasteiger charge is 2.37. The third kappa shape index (κ3) is 2.83. The topological polar surface area (TPSA) is 55.4 Å². The van der Waals surface area contributed by atoms with E-state index in [0.29, 0.717) is 6.42 Å². The van der Waals surface area contributed by atoms with E-state index in [2.05, 4.69) is 5.32 Å². The molecule has 0 fully saturated rings. The van der Waals surface area contributed by atoms with Gasteiger partial charge in [0.05, 0.1) is 12.4 Å². The molecule has 0 amide bonds. The predicted octanol–water partition coefficient (Wildman–Crippen LogP) is 2.10. The molecule has 2 rings (SSSR count). The largest absolute Gasteiger partial charge is 0.497 e. The van der Waals surface area contributed by atoms with Gasteiger partial charge in [-0.1, -0.05) is 19.9 Å². The monoisotopic (exact) mass is 297 g/mol. The van der Waals surface area contributed by atoms with Crippen LogP contribution in [-0.4, -0.2) is 33.1 Å². The Morgan fingerprint density at radius 2 is 2.10 bits per heavy atom. The number of methoxy groups -OCH3 is 1. The molecule has 1 aliphatic carbocycles. The first-order valence-corrected chi connectivity index (χ1v) is 8.86. The molecule has 0 aromatic heterocycles. The van der Waals surface area contributed by atoms with Gasteiger partial charge in [0.25, 0.3) is 0 Å². The Balaban J connectivity index is 2.46. The lowest BCUT2D eigenvalue weighted by Crippen LogP contribution is -2.41. The Labute approximate surface area is 121 Å². The molecule has 112 valence electrons. The molecule has 0 heterocycles. The second kappa shape index (κ2) is 6.14. The molecule has 0 spiro atoms. The lowest BCUT2D eigenvalue weighted by Gasteiger charge is -2.34. The van der Waals surface area contributed by atoms with Gasteiger partial charge in [0.1, 0.15) is 5.75 Å². The highest BCUT2D eigenvalue weighted by atomic mass is 32.2. The molecule has 5 heteroatoms. The minimum absolute atomic E-state index is 0.135. The fourth-order valence-corrected chi connectivity index (χ4v) is 4.51. The van der Waals surface area contributed by atoms with Crippen LogP contribution in [-0.2, 0) is 16.3 Å². The molecule has 1 aliphatic rings. The summed E-state index contributed by atoms with van der Waals surface area (Å²) in [5, 5.41) is 3.01. The average Bonchev–Trinajstić information content (AvgIpc) is 2.47. The van der Waals surface area contributed by atoms with E-state index in [0.717, 1.165) is 24.3 Å². The molecule has 1 aromatic carbocycles. The van der Waals surface area contributed by atoms with Crippen molar-refractivity contribution in [2.75, 3.05) is 19.4 Å². The van der Waals surface area contributed by atoms with E-state index in [1.54, 1.807) is 14.0 Å². The van der Waals surface area contributed by atoms with Gasteiger partial charge in [0, 0.05) is 11.8 Å². The van der Waals surface area contributed by atoms with E-state index in [4.69, 9.17) is 4.74 Å². The number of hydrogen-bond acceptors (Lipinski definition) is 4. The molecule has 0 aliphatic heterocycles. The normalized spacial score (nSPS) is 22.4. The first-order valence-electron chi connectivity index (χ1n) is 7.15. The summed E-state index contributed by atoms with van der Waals surface area (Å²) in [5.41, 5.74) is 2.29. The minimum Gasteiger partial charge on any atom is -0.497 e. The van der Waals surface area contributed by atoms with Crippen LogP contribution in [0.15, 0.2) is 18.2 Å². The van der Waals surface area contributed by atoms with Crippen molar-refractivity contribution in [3.63, 3.8) is 0 Å². The van der Waals surface area contributed by atoms with Gasteiger partial charge in [0.2, 0.25) is 0 Å². The number of nitrogens with one attached hydrogen (secondary N) is 1. The van der Waals surface area contributed by atoms with Gasteiger partial charge in [-0.3, -0.25) is 0 Å². The third-order valence-electron chi connectivity index (χ3n) is 4.05. The van der Waals surface area contributed by atoms with Gasteiger partial charge in [-0.25, -0.2) is 8.42 Å². The summed E-state index contributed by atoms with van der Waals surface area (Å²) in [6, 6.07) is 5.83. The second-order valence-corrected chi connectivity index (χ2v) is 7.64. The Hall–Kier alpha value is -1.07. The maximum atomic E-state index is 12.3. The molecule has 0 bridgehead atoms. The Morgan fingerprint density at radius 3 is 2.70 bits per heavy atom. The fourth-order valence-electron chi connectivity index (χ4n) is 2.94. The highest BCUT2D eigenvalue weighted by molar-refractivity contribution is 7.92. The van der Waals surface area contributed by atoms with E-state index in [1.165, 1.54) is 5.56 Å². The van der Waals surface area contributed by atoms with Crippen molar-refractivity contribution in [1.29, 1.82) is 0 Å². The minimum atomic E-state index is -3.06. The number of ether oxygens (including phenoxy) is 1. The molecule has 1 aromatic rings. The summed E-state index contributed by atoms with van der Waals surface area (Å²) in [5.74, 6) is 0.972. The molecule has 0 radical (unpaired) electrons. The summed E-state index contributed by atoms with van der Waals surface area (Å²) in [6.07, 6.45) is 1.50. The summed E-state index contributed by atoms with van der Waals surface area (Å²) in [4.78, 5) is 0. The van der Waals surface area contributed by atoms with E-state index in [9.17, 15) is 8.42 Å². The SMILES string of the molecule is CCNC1c2cc(OC)ccc2CCC1S(=O)(=O)CC. The lowest BCUT2D eigenvalue weighted by atomic mass is 9.87. The maximum absolute atomic E-state index is 12.3. The van der Waals surface area contributed by atoms with Crippen LogP contribution in [0.5, 0.6) is 5.75 Å². The van der Waals surface area contributed by atoms with Crippen LogP contribution < -0.4 is 10.1 Å². The lowest BCUT2D eigenvalue weighted by molar-refractivity contribution is 0.409. The second-order valence-electron chi connectivity index (χ2n) is 5.13. The van der Waals surface area contributed by atoms with E-state index in [-0.39, 0.29) is 17.0 Å². The molecule has 2 atom stereocenters. The van der Waals surface area contributed by atoms with Gasteiger partial charge < -0.3 is 10.1 Å². The molecule has 0 saturated heterocycles. The standard InChI is InChI=1S/C15H23NO3S/c1-4-16-15-13-10-12(19-3)8-6-11(13)7-9-14(15)20(17,18)5-2/h6,8,10,14-16H,4-5,7,9H2,1-3H3. The number of aryl methyl sites for hydroxylation is 1. The number of sulfone groups is 1.